The summed E-state index contributed by atoms with van der Waals surface area (Å²) in [5, 5.41) is 14.5. The van der Waals surface area contributed by atoms with Gasteiger partial charge in [-0.3, -0.25) is 9.59 Å². The molecule has 7 nitrogen and oxygen atoms in total. The zero-order valence-corrected chi connectivity index (χ0v) is 21.8. The summed E-state index contributed by atoms with van der Waals surface area (Å²) in [5.41, 5.74) is 1.82. The van der Waals surface area contributed by atoms with Gasteiger partial charge in [0, 0.05) is 15.6 Å². The monoisotopic (exact) mass is 614 g/mol. The molecule has 0 spiro atoms. The van der Waals surface area contributed by atoms with Crippen molar-refractivity contribution in [3.8, 4) is 12.3 Å². The highest BCUT2D eigenvalue weighted by atomic mass is 127. The largest absolute Gasteiger partial charge is 0.478 e. The van der Waals surface area contributed by atoms with Crippen LogP contribution in [0.5, 0.6) is 0 Å². The Morgan fingerprint density at radius 3 is 2.35 bits per heavy atom. The van der Waals surface area contributed by atoms with Gasteiger partial charge in [-0.1, -0.05) is 30.2 Å². The number of ether oxygens (including phenoxy) is 1. The molecule has 3 aromatic carbocycles. The standard InChI is InChI=1S/C28H24FIN2O5/c1-2-24(17-37-16-19-6-3-7-21(13-19)28(35)36)31-27(34)25(15-18-5-4-8-23(30)14-18)32-26(33)20-9-11-22(29)12-10-20/h1,3-14,24-25H,15-17H2,(H,31,34)(H,32,33)(H,35,36)/t24-,25+/m1/s1. The molecule has 37 heavy (non-hydrogen) atoms. The molecular weight excluding hydrogens is 590 g/mol. The molecule has 3 aromatic rings. The van der Waals surface area contributed by atoms with Crippen LogP contribution in [0.1, 0.15) is 31.8 Å². The number of carboxylic acid groups (broad SMARTS) is 1. The molecular formula is C28H24FIN2O5. The van der Waals surface area contributed by atoms with Gasteiger partial charge in [-0.15, -0.1) is 6.42 Å². The Morgan fingerprint density at radius 1 is 0.973 bits per heavy atom. The second kappa shape index (κ2) is 13.5. The van der Waals surface area contributed by atoms with E-state index in [0.717, 1.165) is 9.13 Å². The van der Waals surface area contributed by atoms with E-state index in [9.17, 15) is 18.8 Å². The Labute approximate surface area is 227 Å². The lowest BCUT2D eigenvalue weighted by atomic mass is 10.0. The minimum absolute atomic E-state index is 0.0264. The lowest BCUT2D eigenvalue weighted by Crippen LogP contribution is -2.51. The predicted molar refractivity (Wildman–Crippen MR) is 144 cm³/mol. The number of hydrogen-bond donors (Lipinski definition) is 3. The molecule has 0 unspecified atom stereocenters. The molecule has 0 heterocycles. The zero-order valence-electron chi connectivity index (χ0n) is 19.6. The molecule has 3 rings (SSSR count). The quantitative estimate of drug-likeness (QED) is 0.225. The minimum Gasteiger partial charge on any atom is -0.478 e. The van der Waals surface area contributed by atoms with Crippen LogP contribution in [0, 0.1) is 21.7 Å². The molecule has 3 N–H and O–H groups in total. The molecule has 0 aliphatic heterocycles. The zero-order chi connectivity index (χ0) is 26.8. The van der Waals surface area contributed by atoms with Crippen LogP contribution in [-0.2, 0) is 22.6 Å². The fourth-order valence-corrected chi connectivity index (χ4v) is 4.05. The van der Waals surface area contributed by atoms with E-state index in [1.54, 1.807) is 12.1 Å². The van der Waals surface area contributed by atoms with E-state index in [1.807, 2.05) is 24.3 Å². The van der Waals surface area contributed by atoms with Crippen molar-refractivity contribution in [1.82, 2.24) is 10.6 Å². The fourth-order valence-electron chi connectivity index (χ4n) is 3.44. The van der Waals surface area contributed by atoms with Crippen molar-refractivity contribution >= 4 is 40.4 Å². The van der Waals surface area contributed by atoms with Crippen molar-refractivity contribution in [3.63, 3.8) is 0 Å². The lowest BCUT2D eigenvalue weighted by molar-refractivity contribution is -0.123. The van der Waals surface area contributed by atoms with Gasteiger partial charge < -0.3 is 20.5 Å². The summed E-state index contributed by atoms with van der Waals surface area (Å²) in [7, 11) is 0. The van der Waals surface area contributed by atoms with Crippen molar-refractivity contribution < 1.29 is 28.6 Å². The van der Waals surface area contributed by atoms with Gasteiger partial charge in [-0.2, -0.15) is 0 Å². The van der Waals surface area contributed by atoms with Crippen LogP contribution in [0.2, 0.25) is 0 Å². The van der Waals surface area contributed by atoms with E-state index < -0.39 is 35.7 Å². The van der Waals surface area contributed by atoms with Crippen LogP contribution >= 0.6 is 22.6 Å². The topological polar surface area (TPSA) is 105 Å². The average Bonchev–Trinajstić information content (AvgIpc) is 2.88. The maximum atomic E-state index is 13.3. The smallest absolute Gasteiger partial charge is 0.335 e. The number of amides is 2. The van der Waals surface area contributed by atoms with Gasteiger partial charge in [0.25, 0.3) is 5.91 Å². The highest BCUT2D eigenvalue weighted by molar-refractivity contribution is 14.1. The molecule has 0 fully saturated rings. The molecule has 0 radical (unpaired) electrons. The summed E-state index contributed by atoms with van der Waals surface area (Å²) in [6, 6.07) is 17.1. The Balaban J connectivity index is 1.66. The Bertz CT molecular complexity index is 1310. The lowest BCUT2D eigenvalue weighted by Gasteiger charge is -2.21. The molecule has 2 amide bonds. The van der Waals surface area contributed by atoms with E-state index in [0.29, 0.717) is 5.56 Å². The van der Waals surface area contributed by atoms with E-state index in [-0.39, 0.29) is 30.8 Å². The first kappa shape index (κ1) is 27.8. The van der Waals surface area contributed by atoms with E-state index in [2.05, 4.69) is 39.1 Å². The highest BCUT2D eigenvalue weighted by Gasteiger charge is 2.24. The van der Waals surface area contributed by atoms with E-state index in [1.165, 1.54) is 36.4 Å². The minimum atomic E-state index is -1.04. The molecule has 0 saturated carbocycles. The van der Waals surface area contributed by atoms with Crippen LogP contribution in [0.15, 0.2) is 72.8 Å². The first-order valence-electron chi connectivity index (χ1n) is 11.2. The number of terminal acetylenes is 1. The number of aromatic carboxylic acids is 1. The summed E-state index contributed by atoms with van der Waals surface area (Å²) < 4.78 is 19.8. The summed E-state index contributed by atoms with van der Waals surface area (Å²) in [4.78, 5) is 37.1. The Hall–Kier alpha value is -3.75. The SMILES string of the molecule is C#C[C@H](COCc1cccc(C(=O)O)c1)NC(=O)[C@H](Cc1cccc(I)c1)NC(=O)c1ccc(F)cc1. The second-order valence-corrected chi connectivity index (χ2v) is 9.36. The number of halogens is 2. The molecule has 190 valence electrons. The first-order valence-corrected chi connectivity index (χ1v) is 12.3. The number of carbonyl (C=O) groups is 3. The number of benzene rings is 3. The van der Waals surface area contributed by atoms with Crippen molar-refractivity contribution in [3.05, 3.63) is 104 Å². The van der Waals surface area contributed by atoms with Crippen molar-refractivity contribution in [1.29, 1.82) is 0 Å². The molecule has 0 aliphatic carbocycles. The Kier molecular flexibility index (Phi) is 10.2. The maximum absolute atomic E-state index is 13.3. The van der Waals surface area contributed by atoms with Crippen LogP contribution < -0.4 is 10.6 Å². The molecule has 2 atom stereocenters. The Morgan fingerprint density at radius 2 is 1.68 bits per heavy atom. The second-order valence-electron chi connectivity index (χ2n) is 8.12. The normalized spacial score (nSPS) is 12.1. The van der Waals surface area contributed by atoms with Crippen molar-refractivity contribution in [2.24, 2.45) is 0 Å². The van der Waals surface area contributed by atoms with Crippen molar-refractivity contribution in [2.45, 2.75) is 25.1 Å². The van der Waals surface area contributed by atoms with Gasteiger partial charge in [0.05, 0.1) is 18.8 Å². The van der Waals surface area contributed by atoms with Gasteiger partial charge in [0.15, 0.2) is 0 Å². The van der Waals surface area contributed by atoms with Gasteiger partial charge in [0.2, 0.25) is 5.91 Å². The molecule has 9 heteroatoms. The van der Waals surface area contributed by atoms with Crippen molar-refractivity contribution in [2.75, 3.05) is 6.61 Å². The third kappa shape index (κ3) is 8.70. The molecule has 0 bridgehead atoms. The summed E-state index contributed by atoms with van der Waals surface area (Å²) in [6.45, 7) is 0.0732. The summed E-state index contributed by atoms with van der Waals surface area (Å²) >= 11 is 2.16. The summed E-state index contributed by atoms with van der Waals surface area (Å²) in [5.74, 6) is -0.0942. The van der Waals surface area contributed by atoms with Crippen LogP contribution in [0.4, 0.5) is 4.39 Å². The third-order valence-electron chi connectivity index (χ3n) is 5.30. The molecule has 0 aliphatic rings. The highest BCUT2D eigenvalue weighted by Crippen LogP contribution is 2.12. The fraction of sp³-hybridized carbons (Fsp3) is 0.179. The average molecular weight is 614 g/mol. The van der Waals surface area contributed by atoms with Crippen LogP contribution in [0.25, 0.3) is 0 Å². The number of rotatable bonds is 11. The van der Waals surface area contributed by atoms with Crippen LogP contribution in [-0.4, -0.2) is 41.6 Å². The number of carbonyl (C=O) groups excluding carboxylic acids is 2. The number of carboxylic acids is 1. The first-order chi connectivity index (χ1) is 17.7. The van der Waals surface area contributed by atoms with Gasteiger partial charge >= 0.3 is 5.97 Å². The van der Waals surface area contributed by atoms with Gasteiger partial charge in [0.1, 0.15) is 17.9 Å². The third-order valence-corrected chi connectivity index (χ3v) is 5.97. The van der Waals surface area contributed by atoms with E-state index >= 15 is 0 Å². The van der Waals surface area contributed by atoms with Gasteiger partial charge in [-0.05, 0) is 82.2 Å². The maximum Gasteiger partial charge on any atom is 0.335 e. The van der Waals surface area contributed by atoms with Crippen LogP contribution in [0.3, 0.4) is 0 Å². The summed E-state index contributed by atoms with van der Waals surface area (Å²) in [6.07, 6.45) is 5.80. The van der Waals surface area contributed by atoms with Gasteiger partial charge in [-0.25, -0.2) is 9.18 Å². The van der Waals surface area contributed by atoms with E-state index in [4.69, 9.17) is 16.3 Å². The molecule has 0 aromatic heterocycles. The predicted octanol–water partition coefficient (Wildman–Crippen LogP) is 3.80. The number of hydrogen-bond acceptors (Lipinski definition) is 4. The molecule has 0 saturated heterocycles. The number of nitrogens with one attached hydrogen (secondary N) is 2.